The van der Waals surface area contributed by atoms with Crippen LogP contribution in [0.5, 0.6) is 0 Å². The molecule has 3 rings (SSSR count). The van der Waals surface area contributed by atoms with Crippen LogP contribution in [0.3, 0.4) is 0 Å². The molecule has 0 bridgehead atoms. The molecular formula is C19H30N2. The van der Waals surface area contributed by atoms with Crippen LogP contribution in [0.2, 0.25) is 0 Å². The van der Waals surface area contributed by atoms with E-state index in [0.717, 1.165) is 31.0 Å². The molecule has 0 spiro atoms. The van der Waals surface area contributed by atoms with Crippen molar-refractivity contribution in [3.63, 3.8) is 0 Å². The first kappa shape index (κ1) is 15.1. The highest BCUT2D eigenvalue weighted by Gasteiger charge is 2.36. The SMILES string of the molecule is CC(C)C1CCCCC1N1CCNCC1c1ccccc1. The molecule has 2 fully saturated rings. The first-order valence-corrected chi connectivity index (χ1v) is 8.79. The van der Waals surface area contributed by atoms with Crippen molar-refractivity contribution in [1.82, 2.24) is 10.2 Å². The summed E-state index contributed by atoms with van der Waals surface area (Å²) in [6, 6.07) is 12.4. The third kappa shape index (κ3) is 3.32. The molecule has 1 aromatic rings. The zero-order valence-corrected chi connectivity index (χ0v) is 13.6. The minimum atomic E-state index is 0.560. The third-order valence-electron chi connectivity index (χ3n) is 5.53. The second kappa shape index (κ2) is 6.93. The third-order valence-corrected chi connectivity index (χ3v) is 5.53. The topological polar surface area (TPSA) is 15.3 Å². The molecule has 1 aliphatic carbocycles. The minimum absolute atomic E-state index is 0.560. The number of rotatable bonds is 3. The van der Waals surface area contributed by atoms with Gasteiger partial charge in [0.25, 0.3) is 0 Å². The van der Waals surface area contributed by atoms with E-state index >= 15 is 0 Å². The van der Waals surface area contributed by atoms with Crippen LogP contribution in [0.15, 0.2) is 30.3 Å². The van der Waals surface area contributed by atoms with Crippen LogP contribution >= 0.6 is 0 Å². The molecular weight excluding hydrogens is 256 g/mol. The lowest BCUT2D eigenvalue weighted by atomic mass is 9.76. The molecule has 116 valence electrons. The van der Waals surface area contributed by atoms with E-state index in [4.69, 9.17) is 0 Å². The fourth-order valence-electron chi connectivity index (χ4n) is 4.43. The van der Waals surface area contributed by atoms with Crippen LogP contribution in [-0.4, -0.2) is 30.6 Å². The summed E-state index contributed by atoms with van der Waals surface area (Å²) in [6.07, 6.45) is 5.67. The molecule has 1 N–H and O–H groups in total. The molecule has 0 aromatic heterocycles. The molecule has 1 aliphatic heterocycles. The van der Waals surface area contributed by atoms with Gasteiger partial charge in [0.05, 0.1) is 0 Å². The van der Waals surface area contributed by atoms with Crippen molar-refractivity contribution in [3.8, 4) is 0 Å². The van der Waals surface area contributed by atoms with Crippen LogP contribution in [0.1, 0.15) is 51.1 Å². The van der Waals surface area contributed by atoms with Gasteiger partial charge in [-0.3, -0.25) is 4.90 Å². The van der Waals surface area contributed by atoms with Crippen LogP contribution < -0.4 is 5.32 Å². The van der Waals surface area contributed by atoms with E-state index in [1.807, 2.05) is 0 Å². The zero-order chi connectivity index (χ0) is 14.7. The minimum Gasteiger partial charge on any atom is -0.314 e. The Labute approximate surface area is 129 Å². The van der Waals surface area contributed by atoms with Crippen molar-refractivity contribution in [3.05, 3.63) is 35.9 Å². The summed E-state index contributed by atoms with van der Waals surface area (Å²) in [4.78, 5) is 2.83. The van der Waals surface area contributed by atoms with Crippen molar-refractivity contribution in [2.45, 2.75) is 51.6 Å². The van der Waals surface area contributed by atoms with Gasteiger partial charge in [-0.15, -0.1) is 0 Å². The van der Waals surface area contributed by atoms with Gasteiger partial charge in [-0.05, 0) is 30.2 Å². The van der Waals surface area contributed by atoms with Crippen molar-refractivity contribution < 1.29 is 0 Å². The Morgan fingerprint density at radius 2 is 1.86 bits per heavy atom. The fourth-order valence-corrected chi connectivity index (χ4v) is 4.43. The quantitative estimate of drug-likeness (QED) is 0.908. The molecule has 2 nitrogen and oxygen atoms in total. The monoisotopic (exact) mass is 286 g/mol. The molecule has 1 saturated heterocycles. The van der Waals surface area contributed by atoms with Crippen LogP contribution in [-0.2, 0) is 0 Å². The zero-order valence-electron chi connectivity index (χ0n) is 13.6. The summed E-state index contributed by atoms with van der Waals surface area (Å²) in [5.41, 5.74) is 1.48. The van der Waals surface area contributed by atoms with E-state index in [2.05, 4.69) is 54.4 Å². The average Bonchev–Trinajstić information content (AvgIpc) is 2.55. The van der Waals surface area contributed by atoms with Gasteiger partial charge in [0.2, 0.25) is 0 Å². The van der Waals surface area contributed by atoms with Gasteiger partial charge in [-0.2, -0.15) is 0 Å². The Morgan fingerprint density at radius 1 is 1.10 bits per heavy atom. The highest BCUT2D eigenvalue weighted by atomic mass is 15.2. The van der Waals surface area contributed by atoms with Gasteiger partial charge >= 0.3 is 0 Å². The highest BCUT2D eigenvalue weighted by Crippen LogP contribution is 2.37. The summed E-state index contributed by atoms with van der Waals surface area (Å²) >= 11 is 0. The normalized spacial score (nSPS) is 31.5. The molecule has 2 heteroatoms. The molecule has 1 heterocycles. The molecule has 1 saturated carbocycles. The van der Waals surface area contributed by atoms with E-state index in [1.54, 1.807) is 0 Å². The maximum absolute atomic E-state index is 3.60. The van der Waals surface area contributed by atoms with Gasteiger partial charge in [0.1, 0.15) is 0 Å². The number of hydrogen-bond acceptors (Lipinski definition) is 2. The number of nitrogens with one attached hydrogen (secondary N) is 1. The molecule has 3 unspecified atom stereocenters. The Hall–Kier alpha value is -0.860. The summed E-state index contributed by atoms with van der Waals surface area (Å²) in [5.74, 6) is 1.68. The van der Waals surface area contributed by atoms with E-state index in [9.17, 15) is 0 Å². The lowest BCUT2D eigenvalue weighted by Gasteiger charge is -2.47. The van der Waals surface area contributed by atoms with Crippen molar-refractivity contribution >= 4 is 0 Å². The number of piperazine rings is 1. The van der Waals surface area contributed by atoms with E-state index in [1.165, 1.54) is 37.8 Å². The summed E-state index contributed by atoms with van der Waals surface area (Å²) in [5, 5.41) is 3.60. The second-order valence-electron chi connectivity index (χ2n) is 7.13. The first-order chi connectivity index (χ1) is 10.3. The second-order valence-corrected chi connectivity index (χ2v) is 7.13. The molecule has 21 heavy (non-hydrogen) atoms. The summed E-state index contributed by atoms with van der Waals surface area (Å²) < 4.78 is 0. The van der Waals surface area contributed by atoms with E-state index < -0.39 is 0 Å². The smallest absolute Gasteiger partial charge is 0.0476 e. The first-order valence-electron chi connectivity index (χ1n) is 8.79. The Balaban J connectivity index is 1.83. The van der Waals surface area contributed by atoms with Crippen molar-refractivity contribution in [2.75, 3.05) is 19.6 Å². The lowest BCUT2D eigenvalue weighted by molar-refractivity contribution is 0.0293. The van der Waals surface area contributed by atoms with E-state index in [0.29, 0.717) is 6.04 Å². The standard InChI is InChI=1S/C19H30N2/c1-15(2)17-10-6-7-11-18(17)21-13-12-20-14-19(21)16-8-4-3-5-9-16/h3-5,8-9,15,17-20H,6-7,10-14H2,1-2H3. The maximum atomic E-state index is 3.60. The number of hydrogen-bond donors (Lipinski definition) is 1. The molecule has 0 amide bonds. The van der Waals surface area contributed by atoms with Gasteiger partial charge in [-0.25, -0.2) is 0 Å². The van der Waals surface area contributed by atoms with Gasteiger partial charge in [0, 0.05) is 31.7 Å². The Kier molecular flexibility index (Phi) is 4.97. The van der Waals surface area contributed by atoms with Gasteiger partial charge in [0.15, 0.2) is 0 Å². The van der Waals surface area contributed by atoms with Crippen LogP contribution in [0.4, 0.5) is 0 Å². The predicted octanol–water partition coefficient (Wildman–Crippen LogP) is 3.85. The maximum Gasteiger partial charge on any atom is 0.0476 e. The fraction of sp³-hybridized carbons (Fsp3) is 0.684. The lowest BCUT2D eigenvalue weighted by Crippen LogP contribution is -2.54. The molecule has 0 radical (unpaired) electrons. The average molecular weight is 286 g/mol. The highest BCUT2D eigenvalue weighted by molar-refractivity contribution is 5.20. The molecule has 2 aliphatic rings. The van der Waals surface area contributed by atoms with Crippen molar-refractivity contribution in [1.29, 1.82) is 0 Å². The Morgan fingerprint density at radius 3 is 2.62 bits per heavy atom. The summed E-state index contributed by atoms with van der Waals surface area (Å²) in [7, 11) is 0. The predicted molar refractivity (Wildman–Crippen MR) is 89.3 cm³/mol. The largest absolute Gasteiger partial charge is 0.314 e. The molecule has 1 aromatic carbocycles. The van der Waals surface area contributed by atoms with Gasteiger partial charge < -0.3 is 5.32 Å². The van der Waals surface area contributed by atoms with E-state index in [-0.39, 0.29) is 0 Å². The van der Waals surface area contributed by atoms with Crippen molar-refractivity contribution in [2.24, 2.45) is 11.8 Å². The summed E-state index contributed by atoms with van der Waals surface area (Å²) in [6.45, 7) is 8.29. The Bertz CT molecular complexity index is 428. The van der Waals surface area contributed by atoms with Crippen LogP contribution in [0, 0.1) is 11.8 Å². The number of nitrogens with zero attached hydrogens (tertiary/aromatic N) is 1. The number of benzene rings is 1. The van der Waals surface area contributed by atoms with Crippen LogP contribution in [0.25, 0.3) is 0 Å². The van der Waals surface area contributed by atoms with Gasteiger partial charge in [-0.1, -0.05) is 57.0 Å². The molecule has 3 atom stereocenters.